The van der Waals surface area contributed by atoms with Gasteiger partial charge in [0.1, 0.15) is 0 Å². The van der Waals surface area contributed by atoms with Gasteiger partial charge in [-0.1, -0.05) is 191 Å². The minimum absolute atomic E-state index is 0.282. The largest absolute Gasteiger partial charge is 0.387 e. The number of amides is 1. The van der Waals surface area contributed by atoms with Crippen molar-refractivity contribution in [3.63, 3.8) is 0 Å². The van der Waals surface area contributed by atoms with Gasteiger partial charge in [-0.25, -0.2) is 0 Å². The van der Waals surface area contributed by atoms with Crippen molar-refractivity contribution in [2.45, 2.75) is 231 Å². The molecular formula is C46H85NO5S. The third kappa shape index (κ3) is 41.3. The first-order chi connectivity index (χ1) is 25.8. The molecule has 6 nitrogen and oxygen atoms in total. The number of hydrogen-bond acceptors (Lipinski definition) is 4. The Morgan fingerprint density at radius 2 is 0.811 bits per heavy atom. The van der Waals surface area contributed by atoms with E-state index in [0.29, 0.717) is 6.42 Å². The molecule has 3 N–H and O–H groups in total. The molecule has 0 heterocycles. The summed E-state index contributed by atoms with van der Waals surface area (Å²) in [5, 5.41) is 13.2. The van der Waals surface area contributed by atoms with Crippen LogP contribution in [0.5, 0.6) is 0 Å². The van der Waals surface area contributed by atoms with Crippen molar-refractivity contribution in [1.29, 1.82) is 0 Å². The van der Waals surface area contributed by atoms with E-state index in [4.69, 9.17) is 0 Å². The van der Waals surface area contributed by atoms with Crippen molar-refractivity contribution < 1.29 is 22.9 Å². The Kier molecular flexibility index (Phi) is 38.7. The minimum Gasteiger partial charge on any atom is -0.387 e. The van der Waals surface area contributed by atoms with Gasteiger partial charge in [0, 0.05) is 6.42 Å². The van der Waals surface area contributed by atoms with Crippen LogP contribution < -0.4 is 5.32 Å². The quantitative estimate of drug-likeness (QED) is 0.0327. The van der Waals surface area contributed by atoms with E-state index in [1.165, 1.54) is 160 Å². The Morgan fingerprint density at radius 3 is 1.19 bits per heavy atom. The van der Waals surface area contributed by atoms with E-state index in [1.807, 2.05) is 0 Å². The third-order valence-corrected chi connectivity index (χ3v) is 10.7. The van der Waals surface area contributed by atoms with Crippen molar-refractivity contribution in [2.24, 2.45) is 0 Å². The SMILES string of the molecule is CCCCCCCCC/C=C/CC/C=C/CC/C=C/C(O)C(CS(=O)(=O)O)NC(=O)CCCCCCCCCCC/C=C\CCCCCCCCCC. The summed E-state index contributed by atoms with van der Waals surface area (Å²) in [5.74, 6) is -1.01. The van der Waals surface area contributed by atoms with Crippen molar-refractivity contribution in [3.05, 3.63) is 48.6 Å². The average Bonchev–Trinajstić information content (AvgIpc) is 3.12. The number of carbonyl (C=O) groups excluding carboxylic acids is 1. The topological polar surface area (TPSA) is 104 Å². The van der Waals surface area contributed by atoms with Gasteiger partial charge in [0.05, 0.1) is 17.9 Å². The number of rotatable bonds is 40. The molecular weight excluding hydrogens is 679 g/mol. The molecule has 0 saturated heterocycles. The monoisotopic (exact) mass is 764 g/mol. The predicted molar refractivity (Wildman–Crippen MR) is 230 cm³/mol. The first-order valence-corrected chi connectivity index (χ1v) is 23.9. The summed E-state index contributed by atoms with van der Waals surface area (Å²) >= 11 is 0. The van der Waals surface area contributed by atoms with Crippen LogP contribution in [0.25, 0.3) is 0 Å². The number of unbranched alkanes of at least 4 members (excludes halogenated alkanes) is 26. The van der Waals surface area contributed by atoms with Gasteiger partial charge in [-0.2, -0.15) is 8.42 Å². The minimum atomic E-state index is -4.36. The lowest BCUT2D eigenvalue weighted by atomic mass is 10.0. The number of aliphatic hydroxyl groups excluding tert-OH is 1. The van der Waals surface area contributed by atoms with Gasteiger partial charge in [-0.15, -0.1) is 0 Å². The van der Waals surface area contributed by atoms with E-state index in [9.17, 15) is 22.9 Å². The van der Waals surface area contributed by atoms with Gasteiger partial charge in [0.2, 0.25) is 5.91 Å². The first kappa shape index (κ1) is 51.3. The molecule has 0 radical (unpaired) electrons. The maximum atomic E-state index is 12.5. The van der Waals surface area contributed by atoms with Crippen molar-refractivity contribution in [3.8, 4) is 0 Å². The highest BCUT2D eigenvalue weighted by Gasteiger charge is 2.24. The fourth-order valence-electron chi connectivity index (χ4n) is 6.59. The summed E-state index contributed by atoms with van der Waals surface area (Å²) in [6.07, 6.45) is 53.9. The van der Waals surface area contributed by atoms with Gasteiger partial charge in [0.25, 0.3) is 10.1 Å². The molecule has 0 fully saturated rings. The smallest absolute Gasteiger partial charge is 0.267 e. The zero-order chi connectivity index (χ0) is 38.9. The molecule has 7 heteroatoms. The fourth-order valence-corrected chi connectivity index (χ4v) is 7.33. The highest BCUT2D eigenvalue weighted by Crippen LogP contribution is 2.14. The number of hydrogen-bond donors (Lipinski definition) is 3. The molecule has 0 rings (SSSR count). The van der Waals surface area contributed by atoms with E-state index in [-0.39, 0.29) is 12.3 Å². The molecule has 0 spiro atoms. The molecule has 53 heavy (non-hydrogen) atoms. The lowest BCUT2D eigenvalue weighted by Crippen LogP contribution is -2.46. The van der Waals surface area contributed by atoms with E-state index < -0.39 is 28.0 Å². The van der Waals surface area contributed by atoms with Gasteiger partial charge < -0.3 is 10.4 Å². The summed E-state index contributed by atoms with van der Waals surface area (Å²) in [6, 6.07) is -1.08. The summed E-state index contributed by atoms with van der Waals surface area (Å²) in [7, 11) is -4.36. The van der Waals surface area contributed by atoms with E-state index in [1.54, 1.807) is 6.08 Å². The summed E-state index contributed by atoms with van der Waals surface area (Å²) in [5.41, 5.74) is 0. The highest BCUT2D eigenvalue weighted by molar-refractivity contribution is 7.85. The predicted octanol–water partition coefficient (Wildman–Crippen LogP) is 13.5. The maximum absolute atomic E-state index is 12.5. The fraction of sp³-hybridized carbons (Fsp3) is 0.804. The number of aliphatic hydroxyl groups is 1. The van der Waals surface area contributed by atoms with Gasteiger partial charge in [-0.3, -0.25) is 9.35 Å². The zero-order valence-electron chi connectivity index (χ0n) is 34.6. The normalized spacial score (nSPS) is 13.7. The molecule has 0 aliphatic rings. The molecule has 0 aromatic rings. The lowest BCUT2D eigenvalue weighted by Gasteiger charge is -2.21. The van der Waals surface area contributed by atoms with Crippen LogP contribution in [0.1, 0.15) is 219 Å². The van der Waals surface area contributed by atoms with Crippen LogP contribution in [0, 0.1) is 0 Å². The summed E-state index contributed by atoms with van der Waals surface area (Å²) < 4.78 is 32.5. The van der Waals surface area contributed by atoms with Gasteiger partial charge >= 0.3 is 0 Å². The molecule has 1 amide bonds. The maximum Gasteiger partial charge on any atom is 0.267 e. The second-order valence-electron chi connectivity index (χ2n) is 15.3. The standard InChI is InChI=1S/C46H85NO5S/c1-3-5-7-9-11-13-15-17-19-21-22-23-24-26-28-30-32-34-36-38-40-42-46(49)47-44(43-53(50,51)52)45(48)41-39-37-35-33-31-29-27-25-20-18-16-14-12-10-8-6-4-2/h20-22,25,31,33,39,41,44-45,48H,3-19,23-24,26-30,32,34-38,40,42-43H2,1-2H3,(H,47,49)(H,50,51,52)/b22-21-,25-20+,33-31+,41-39+. The number of carbonyl (C=O) groups is 1. The summed E-state index contributed by atoms with van der Waals surface area (Å²) in [4.78, 5) is 12.5. The molecule has 2 unspecified atom stereocenters. The van der Waals surface area contributed by atoms with Crippen LogP contribution in [0.4, 0.5) is 0 Å². The molecule has 0 bridgehead atoms. The Bertz CT molecular complexity index is 1020. The van der Waals surface area contributed by atoms with E-state index in [2.05, 4.69) is 55.6 Å². The van der Waals surface area contributed by atoms with Crippen LogP contribution in [-0.4, -0.2) is 41.9 Å². The second kappa shape index (κ2) is 40.0. The van der Waals surface area contributed by atoms with Crippen LogP contribution in [0.3, 0.4) is 0 Å². The average molecular weight is 764 g/mol. The Morgan fingerprint density at radius 1 is 0.491 bits per heavy atom. The molecule has 0 saturated carbocycles. The van der Waals surface area contributed by atoms with Crippen LogP contribution in [0.2, 0.25) is 0 Å². The Balaban J connectivity index is 3.93. The van der Waals surface area contributed by atoms with Crippen molar-refractivity contribution in [1.82, 2.24) is 5.32 Å². The zero-order valence-corrected chi connectivity index (χ0v) is 35.5. The van der Waals surface area contributed by atoms with Gasteiger partial charge in [-0.05, 0) is 70.6 Å². The molecule has 0 aliphatic heterocycles. The van der Waals surface area contributed by atoms with E-state index >= 15 is 0 Å². The lowest BCUT2D eigenvalue weighted by molar-refractivity contribution is -0.122. The molecule has 310 valence electrons. The van der Waals surface area contributed by atoms with Crippen molar-refractivity contribution in [2.75, 3.05) is 5.75 Å². The van der Waals surface area contributed by atoms with Crippen molar-refractivity contribution >= 4 is 16.0 Å². The van der Waals surface area contributed by atoms with Gasteiger partial charge in [0.15, 0.2) is 0 Å². The number of allylic oxidation sites excluding steroid dienone is 7. The summed E-state index contributed by atoms with van der Waals surface area (Å²) in [6.45, 7) is 4.53. The Hall–Kier alpha value is -1.70. The molecule has 2 atom stereocenters. The third-order valence-electron chi connectivity index (χ3n) is 9.96. The van der Waals surface area contributed by atoms with Crippen LogP contribution in [-0.2, 0) is 14.9 Å². The van der Waals surface area contributed by atoms with Crippen LogP contribution in [0.15, 0.2) is 48.6 Å². The first-order valence-electron chi connectivity index (χ1n) is 22.3. The molecule has 0 aromatic heterocycles. The highest BCUT2D eigenvalue weighted by atomic mass is 32.2. The van der Waals surface area contributed by atoms with E-state index in [0.717, 1.165) is 38.5 Å². The molecule has 0 aliphatic carbocycles. The van der Waals surface area contributed by atoms with Crippen LogP contribution >= 0.6 is 0 Å². The second-order valence-corrected chi connectivity index (χ2v) is 16.8. The molecule has 0 aromatic carbocycles. The number of nitrogens with one attached hydrogen (secondary N) is 1. The Labute approximate surface area is 329 Å².